The lowest BCUT2D eigenvalue weighted by Gasteiger charge is -2.12. The molecular formula is C26H19ClN2O7. The van der Waals surface area contributed by atoms with Crippen molar-refractivity contribution >= 4 is 46.9 Å². The van der Waals surface area contributed by atoms with Crippen molar-refractivity contribution in [1.82, 2.24) is 0 Å². The molecule has 3 aromatic rings. The Balaban J connectivity index is 1.75. The van der Waals surface area contributed by atoms with E-state index in [1.807, 2.05) is 30.3 Å². The summed E-state index contributed by atoms with van der Waals surface area (Å²) in [5, 5.41) is 24.2. The van der Waals surface area contributed by atoms with Gasteiger partial charge in [-0.25, -0.2) is 9.59 Å². The first kappa shape index (κ1) is 24.5. The van der Waals surface area contributed by atoms with Gasteiger partial charge < -0.3 is 19.7 Å². The van der Waals surface area contributed by atoms with Crippen LogP contribution in [-0.4, -0.2) is 47.0 Å². The highest BCUT2D eigenvalue weighted by Gasteiger charge is 2.32. The lowest BCUT2D eigenvalue weighted by atomic mass is 10.00. The highest BCUT2D eigenvalue weighted by atomic mass is 35.5. The number of benzene rings is 3. The second-order valence-electron chi connectivity index (χ2n) is 7.54. The number of carbonyl (C=O) groups is 3. The smallest absolute Gasteiger partial charge is 0.341 e. The van der Waals surface area contributed by atoms with Crippen LogP contribution in [0.2, 0.25) is 5.02 Å². The van der Waals surface area contributed by atoms with E-state index in [2.05, 4.69) is 5.10 Å². The SMILES string of the molecule is O=C(O)COc1ccc(/C=C2\C(=O)N(c3ccc(Cl)cc3)N=C2c2ccccc2)cc1OCC(=O)O. The quantitative estimate of drug-likeness (QED) is 0.418. The molecule has 1 aliphatic heterocycles. The number of nitrogens with zero attached hydrogens (tertiary/aromatic N) is 2. The Labute approximate surface area is 210 Å². The van der Waals surface area contributed by atoms with Gasteiger partial charge in [-0.3, -0.25) is 4.79 Å². The van der Waals surface area contributed by atoms with Crippen molar-refractivity contribution in [2.24, 2.45) is 5.10 Å². The topological polar surface area (TPSA) is 126 Å². The molecule has 0 saturated carbocycles. The standard InChI is InChI=1S/C26H19ClN2O7/c27-18-7-9-19(10-8-18)29-26(34)20(25(28-29)17-4-2-1-3-5-17)12-16-6-11-21(35-14-23(30)31)22(13-16)36-15-24(32)33/h1-13H,14-15H2,(H,30,31)(H,32,33)/b20-12-. The number of halogens is 1. The number of aliphatic carboxylic acids is 2. The van der Waals surface area contributed by atoms with Crippen molar-refractivity contribution in [1.29, 1.82) is 0 Å². The van der Waals surface area contributed by atoms with E-state index in [9.17, 15) is 14.4 Å². The molecule has 182 valence electrons. The molecule has 10 heteroatoms. The van der Waals surface area contributed by atoms with Crippen LogP contribution in [0.4, 0.5) is 5.69 Å². The number of anilines is 1. The normalized spacial score (nSPS) is 14.0. The first-order valence-corrected chi connectivity index (χ1v) is 11.0. The summed E-state index contributed by atoms with van der Waals surface area (Å²) in [4.78, 5) is 35.3. The number of rotatable bonds is 9. The van der Waals surface area contributed by atoms with Crippen LogP contribution in [-0.2, 0) is 14.4 Å². The molecule has 0 atom stereocenters. The number of carboxylic acids is 2. The zero-order valence-corrected chi connectivity index (χ0v) is 19.4. The molecule has 9 nitrogen and oxygen atoms in total. The van der Waals surface area contributed by atoms with Crippen LogP contribution in [0.5, 0.6) is 11.5 Å². The molecule has 0 spiro atoms. The monoisotopic (exact) mass is 506 g/mol. The highest BCUT2D eigenvalue weighted by Crippen LogP contribution is 2.32. The molecule has 0 unspecified atom stereocenters. The molecule has 2 N–H and O–H groups in total. The summed E-state index contributed by atoms with van der Waals surface area (Å²) >= 11 is 5.99. The van der Waals surface area contributed by atoms with Gasteiger partial charge in [0.1, 0.15) is 5.71 Å². The second-order valence-corrected chi connectivity index (χ2v) is 7.97. The van der Waals surface area contributed by atoms with Gasteiger partial charge in [0.25, 0.3) is 5.91 Å². The fourth-order valence-corrected chi connectivity index (χ4v) is 3.53. The number of hydrogen-bond donors (Lipinski definition) is 2. The number of hydrogen-bond acceptors (Lipinski definition) is 6. The molecule has 4 rings (SSSR count). The number of carbonyl (C=O) groups excluding carboxylic acids is 1. The molecular weight excluding hydrogens is 488 g/mol. The van der Waals surface area contributed by atoms with Gasteiger partial charge in [0.05, 0.1) is 11.3 Å². The zero-order valence-electron chi connectivity index (χ0n) is 18.6. The Kier molecular flexibility index (Phi) is 7.31. The zero-order chi connectivity index (χ0) is 25.7. The summed E-state index contributed by atoms with van der Waals surface area (Å²) < 4.78 is 10.5. The van der Waals surface area contributed by atoms with E-state index >= 15 is 0 Å². The second kappa shape index (κ2) is 10.7. The first-order chi connectivity index (χ1) is 17.3. The number of ether oxygens (including phenoxy) is 2. The van der Waals surface area contributed by atoms with Crippen molar-refractivity contribution < 1.29 is 34.1 Å². The minimum absolute atomic E-state index is 0.0196. The molecule has 0 aromatic heterocycles. The minimum Gasteiger partial charge on any atom is -0.479 e. The third kappa shape index (κ3) is 5.70. The third-order valence-electron chi connectivity index (χ3n) is 4.98. The van der Waals surface area contributed by atoms with Gasteiger partial charge in [-0.2, -0.15) is 10.1 Å². The molecule has 3 aromatic carbocycles. The maximum Gasteiger partial charge on any atom is 0.341 e. The van der Waals surface area contributed by atoms with Crippen molar-refractivity contribution in [2.75, 3.05) is 18.2 Å². The van der Waals surface area contributed by atoms with E-state index in [1.54, 1.807) is 36.4 Å². The van der Waals surface area contributed by atoms with Crippen molar-refractivity contribution in [2.45, 2.75) is 0 Å². The summed E-state index contributed by atoms with van der Waals surface area (Å²) in [6.45, 7) is -1.30. The lowest BCUT2D eigenvalue weighted by molar-refractivity contribution is -0.140. The van der Waals surface area contributed by atoms with Gasteiger partial charge >= 0.3 is 11.9 Å². The van der Waals surface area contributed by atoms with Crippen molar-refractivity contribution in [3.63, 3.8) is 0 Å². The third-order valence-corrected chi connectivity index (χ3v) is 5.23. The van der Waals surface area contributed by atoms with Gasteiger partial charge in [-0.1, -0.05) is 48.0 Å². The fourth-order valence-electron chi connectivity index (χ4n) is 3.40. The van der Waals surface area contributed by atoms with E-state index in [-0.39, 0.29) is 17.4 Å². The van der Waals surface area contributed by atoms with Crippen LogP contribution >= 0.6 is 11.6 Å². The van der Waals surface area contributed by atoms with Gasteiger partial charge in [0, 0.05) is 10.6 Å². The molecule has 36 heavy (non-hydrogen) atoms. The fraction of sp³-hybridized carbons (Fsp3) is 0.0769. The molecule has 1 amide bonds. The van der Waals surface area contributed by atoms with Crippen LogP contribution in [0.25, 0.3) is 6.08 Å². The van der Waals surface area contributed by atoms with Crippen LogP contribution < -0.4 is 14.5 Å². The van der Waals surface area contributed by atoms with E-state index in [1.165, 1.54) is 17.1 Å². The number of hydrazone groups is 1. The van der Waals surface area contributed by atoms with Gasteiger partial charge in [0.2, 0.25) is 0 Å². The maximum atomic E-state index is 13.4. The Morgan fingerprint density at radius 1 is 0.889 bits per heavy atom. The summed E-state index contributed by atoms with van der Waals surface area (Å²) in [6, 6.07) is 20.4. The van der Waals surface area contributed by atoms with E-state index in [0.29, 0.717) is 27.6 Å². The Morgan fingerprint density at radius 2 is 1.53 bits per heavy atom. The van der Waals surface area contributed by atoms with E-state index in [4.69, 9.17) is 31.3 Å². The van der Waals surface area contributed by atoms with Crippen LogP contribution in [0, 0.1) is 0 Å². The molecule has 0 radical (unpaired) electrons. The largest absolute Gasteiger partial charge is 0.479 e. The summed E-state index contributed by atoms with van der Waals surface area (Å²) in [7, 11) is 0. The molecule has 1 aliphatic rings. The van der Waals surface area contributed by atoms with Crippen LogP contribution in [0.1, 0.15) is 11.1 Å². The van der Waals surface area contributed by atoms with Crippen LogP contribution in [0.3, 0.4) is 0 Å². The first-order valence-electron chi connectivity index (χ1n) is 10.6. The minimum atomic E-state index is -1.22. The maximum absolute atomic E-state index is 13.4. The van der Waals surface area contributed by atoms with Crippen molar-refractivity contribution in [3.05, 3.63) is 94.5 Å². The predicted molar refractivity (Wildman–Crippen MR) is 133 cm³/mol. The summed E-state index contributed by atoms with van der Waals surface area (Å²) in [5.41, 5.74) is 2.47. The van der Waals surface area contributed by atoms with Crippen molar-refractivity contribution in [3.8, 4) is 11.5 Å². The van der Waals surface area contributed by atoms with E-state index in [0.717, 1.165) is 5.56 Å². The highest BCUT2D eigenvalue weighted by molar-refractivity contribution is 6.37. The number of carboxylic acid groups (broad SMARTS) is 2. The molecule has 1 heterocycles. The summed E-state index contributed by atoms with van der Waals surface area (Å²) in [6.07, 6.45) is 1.60. The van der Waals surface area contributed by atoms with Gasteiger partial charge in [0.15, 0.2) is 24.7 Å². The molecule has 0 fully saturated rings. The van der Waals surface area contributed by atoms with Crippen LogP contribution in [0.15, 0.2) is 83.5 Å². The van der Waals surface area contributed by atoms with Gasteiger partial charge in [-0.15, -0.1) is 0 Å². The summed E-state index contributed by atoms with van der Waals surface area (Å²) in [5.74, 6) is -2.72. The lowest BCUT2D eigenvalue weighted by Crippen LogP contribution is -2.21. The number of amides is 1. The Hall–Kier alpha value is -4.63. The average molecular weight is 507 g/mol. The molecule has 0 saturated heterocycles. The molecule has 0 aliphatic carbocycles. The predicted octanol–water partition coefficient (Wildman–Crippen LogP) is 4.10. The molecule has 0 bridgehead atoms. The van der Waals surface area contributed by atoms with Gasteiger partial charge in [-0.05, 0) is 48.0 Å². The van der Waals surface area contributed by atoms with E-state index < -0.39 is 25.2 Å². The Bertz CT molecular complexity index is 1370. The Morgan fingerprint density at radius 3 is 2.17 bits per heavy atom. The average Bonchev–Trinajstić information content (AvgIpc) is 3.18.